The van der Waals surface area contributed by atoms with Crippen LogP contribution in [0.3, 0.4) is 0 Å². The van der Waals surface area contributed by atoms with E-state index < -0.39 is 38.5 Å². The van der Waals surface area contributed by atoms with E-state index in [1.165, 1.54) is 47.8 Å². The molecule has 12 heteroatoms. The van der Waals surface area contributed by atoms with E-state index in [-0.39, 0.29) is 27.9 Å². The SMILES string of the molecule is CC(C)N(C)S(=O)(=O)c1cccc(C(=O)OCC(=O)NCCc2ccc(S(N)(=O)=O)cc2)c1. The lowest BCUT2D eigenvalue weighted by molar-refractivity contribution is -0.124. The van der Waals surface area contributed by atoms with E-state index in [0.29, 0.717) is 6.42 Å². The fourth-order valence-electron chi connectivity index (χ4n) is 2.68. The average molecular weight is 498 g/mol. The second-order valence-electron chi connectivity index (χ2n) is 7.51. The predicted molar refractivity (Wildman–Crippen MR) is 121 cm³/mol. The second kappa shape index (κ2) is 10.9. The molecule has 2 aromatic rings. The first-order chi connectivity index (χ1) is 15.3. The molecule has 2 rings (SSSR count). The van der Waals surface area contributed by atoms with Gasteiger partial charge in [0.1, 0.15) is 0 Å². The number of nitrogens with two attached hydrogens (primary N) is 1. The van der Waals surface area contributed by atoms with Gasteiger partial charge in [-0.15, -0.1) is 0 Å². The number of sulfonamides is 2. The van der Waals surface area contributed by atoms with Gasteiger partial charge in [-0.3, -0.25) is 4.79 Å². The lowest BCUT2D eigenvalue weighted by atomic mass is 10.1. The highest BCUT2D eigenvalue weighted by atomic mass is 32.2. The van der Waals surface area contributed by atoms with Crippen LogP contribution in [-0.2, 0) is 36.0 Å². The Morgan fingerprint density at radius 1 is 1.03 bits per heavy atom. The van der Waals surface area contributed by atoms with Crippen molar-refractivity contribution in [1.82, 2.24) is 9.62 Å². The third-order valence-corrected chi connectivity index (χ3v) is 7.75. The van der Waals surface area contributed by atoms with Crippen LogP contribution in [0.25, 0.3) is 0 Å². The average Bonchev–Trinajstić information content (AvgIpc) is 2.76. The predicted octanol–water partition coefficient (Wildman–Crippen LogP) is 0.879. The Kier molecular flexibility index (Phi) is 8.72. The van der Waals surface area contributed by atoms with Crippen molar-refractivity contribution in [3.05, 3.63) is 59.7 Å². The van der Waals surface area contributed by atoms with E-state index in [1.54, 1.807) is 26.0 Å². The number of amides is 1. The maximum atomic E-state index is 12.6. The third-order valence-electron chi connectivity index (χ3n) is 4.80. The van der Waals surface area contributed by atoms with Crippen molar-refractivity contribution < 1.29 is 31.2 Å². The van der Waals surface area contributed by atoms with Gasteiger partial charge in [-0.05, 0) is 56.2 Å². The molecule has 0 atom stereocenters. The normalized spacial score (nSPS) is 12.1. The lowest BCUT2D eigenvalue weighted by Crippen LogP contribution is -2.33. The molecule has 0 saturated carbocycles. The molecule has 0 fully saturated rings. The molecule has 0 heterocycles. The van der Waals surface area contributed by atoms with Gasteiger partial charge < -0.3 is 10.1 Å². The van der Waals surface area contributed by atoms with Gasteiger partial charge in [-0.25, -0.2) is 26.8 Å². The summed E-state index contributed by atoms with van der Waals surface area (Å²) in [6.45, 7) is 3.16. The molecule has 0 saturated heterocycles. The second-order valence-corrected chi connectivity index (χ2v) is 11.1. The summed E-state index contributed by atoms with van der Waals surface area (Å²) in [5, 5.41) is 7.63. The minimum absolute atomic E-state index is 0.00471. The van der Waals surface area contributed by atoms with Gasteiger partial charge in [0.2, 0.25) is 20.0 Å². The van der Waals surface area contributed by atoms with Crippen LogP contribution in [0.4, 0.5) is 0 Å². The number of ether oxygens (including phenoxy) is 1. The van der Waals surface area contributed by atoms with Crippen LogP contribution < -0.4 is 10.5 Å². The number of hydrogen-bond acceptors (Lipinski definition) is 7. The summed E-state index contributed by atoms with van der Waals surface area (Å²) in [6, 6.07) is 11.1. The molecule has 0 aliphatic heterocycles. The molecule has 180 valence electrons. The number of nitrogens with zero attached hydrogens (tertiary/aromatic N) is 1. The Labute approximate surface area is 193 Å². The summed E-state index contributed by atoms with van der Waals surface area (Å²) in [4.78, 5) is 24.2. The molecule has 0 aromatic heterocycles. The van der Waals surface area contributed by atoms with Crippen molar-refractivity contribution in [3.63, 3.8) is 0 Å². The summed E-state index contributed by atoms with van der Waals surface area (Å²) in [7, 11) is -6.09. The number of nitrogens with one attached hydrogen (secondary N) is 1. The molecular weight excluding hydrogens is 470 g/mol. The number of benzene rings is 2. The molecular formula is C21H27N3O7S2. The topological polar surface area (TPSA) is 153 Å². The molecule has 0 aliphatic carbocycles. The van der Waals surface area contributed by atoms with Crippen LogP contribution in [-0.4, -0.2) is 59.3 Å². The molecule has 0 bridgehead atoms. The monoisotopic (exact) mass is 497 g/mol. The fourth-order valence-corrected chi connectivity index (χ4v) is 4.61. The Morgan fingerprint density at radius 2 is 1.67 bits per heavy atom. The van der Waals surface area contributed by atoms with E-state index in [0.717, 1.165) is 5.56 Å². The number of esters is 1. The lowest BCUT2D eigenvalue weighted by Gasteiger charge is -2.21. The van der Waals surface area contributed by atoms with Crippen molar-refractivity contribution in [1.29, 1.82) is 0 Å². The van der Waals surface area contributed by atoms with Crippen LogP contribution >= 0.6 is 0 Å². The van der Waals surface area contributed by atoms with Gasteiger partial charge in [-0.2, -0.15) is 4.31 Å². The van der Waals surface area contributed by atoms with Crippen molar-refractivity contribution in [3.8, 4) is 0 Å². The van der Waals surface area contributed by atoms with Gasteiger partial charge >= 0.3 is 5.97 Å². The zero-order valence-corrected chi connectivity index (χ0v) is 20.1. The zero-order valence-electron chi connectivity index (χ0n) is 18.5. The largest absolute Gasteiger partial charge is 0.452 e. The van der Waals surface area contributed by atoms with Gasteiger partial charge in [0.05, 0.1) is 15.4 Å². The maximum absolute atomic E-state index is 12.6. The van der Waals surface area contributed by atoms with Gasteiger partial charge in [-0.1, -0.05) is 18.2 Å². The van der Waals surface area contributed by atoms with Gasteiger partial charge in [0.15, 0.2) is 6.61 Å². The highest BCUT2D eigenvalue weighted by Gasteiger charge is 2.24. The van der Waals surface area contributed by atoms with Crippen molar-refractivity contribution >= 4 is 31.9 Å². The summed E-state index contributed by atoms with van der Waals surface area (Å²) < 4.78 is 53.8. The van der Waals surface area contributed by atoms with Gasteiger partial charge in [0, 0.05) is 19.6 Å². The molecule has 0 unspecified atom stereocenters. The fraction of sp³-hybridized carbons (Fsp3) is 0.333. The van der Waals surface area contributed by atoms with Crippen LogP contribution in [0, 0.1) is 0 Å². The number of primary sulfonamides is 1. The Morgan fingerprint density at radius 3 is 2.24 bits per heavy atom. The first-order valence-corrected chi connectivity index (χ1v) is 12.9. The first-order valence-electron chi connectivity index (χ1n) is 9.96. The molecule has 0 spiro atoms. The highest BCUT2D eigenvalue weighted by Crippen LogP contribution is 2.18. The van der Waals surface area contributed by atoms with Crippen LogP contribution in [0.2, 0.25) is 0 Å². The molecule has 10 nitrogen and oxygen atoms in total. The number of carbonyl (C=O) groups excluding carboxylic acids is 2. The van der Waals surface area contributed by atoms with E-state index in [9.17, 15) is 26.4 Å². The Bertz CT molecular complexity index is 1210. The molecule has 3 N–H and O–H groups in total. The van der Waals surface area contributed by atoms with Crippen LogP contribution in [0.5, 0.6) is 0 Å². The standard InChI is InChI=1S/C21H27N3O7S2/c1-15(2)24(3)33(29,30)19-6-4-5-17(13-19)21(26)31-14-20(25)23-12-11-16-7-9-18(10-8-16)32(22,27)28/h4-10,13,15H,11-12,14H2,1-3H3,(H,23,25)(H2,22,27,28). The van der Waals surface area contributed by atoms with E-state index in [1.807, 2.05) is 0 Å². The minimum Gasteiger partial charge on any atom is -0.452 e. The third kappa shape index (κ3) is 7.35. The highest BCUT2D eigenvalue weighted by molar-refractivity contribution is 7.89. The minimum atomic E-state index is -3.77. The maximum Gasteiger partial charge on any atom is 0.338 e. The first kappa shape index (κ1) is 26.5. The van der Waals surface area contributed by atoms with Gasteiger partial charge in [0.25, 0.3) is 5.91 Å². The number of carbonyl (C=O) groups is 2. The zero-order chi connectivity index (χ0) is 24.8. The van der Waals surface area contributed by atoms with Crippen molar-refractivity contribution in [2.45, 2.75) is 36.1 Å². The summed E-state index contributed by atoms with van der Waals surface area (Å²) in [5.74, 6) is -1.36. The van der Waals surface area contributed by atoms with E-state index >= 15 is 0 Å². The summed E-state index contributed by atoms with van der Waals surface area (Å²) in [5.41, 5.74) is 0.792. The van der Waals surface area contributed by atoms with Crippen molar-refractivity contribution in [2.75, 3.05) is 20.2 Å². The summed E-state index contributed by atoms with van der Waals surface area (Å²) in [6.07, 6.45) is 0.424. The molecule has 1 amide bonds. The molecule has 2 aromatic carbocycles. The molecule has 33 heavy (non-hydrogen) atoms. The molecule has 0 radical (unpaired) electrons. The summed E-state index contributed by atoms with van der Waals surface area (Å²) >= 11 is 0. The van der Waals surface area contributed by atoms with E-state index in [2.05, 4.69) is 5.32 Å². The smallest absolute Gasteiger partial charge is 0.338 e. The van der Waals surface area contributed by atoms with E-state index in [4.69, 9.17) is 9.88 Å². The molecule has 0 aliphatic rings. The van der Waals surface area contributed by atoms with Crippen LogP contribution in [0.15, 0.2) is 58.3 Å². The number of hydrogen-bond donors (Lipinski definition) is 2. The Balaban J connectivity index is 1.87. The number of rotatable bonds is 10. The van der Waals surface area contributed by atoms with Crippen molar-refractivity contribution in [2.24, 2.45) is 5.14 Å². The van der Waals surface area contributed by atoms with Crippen LogP contribution in [0.1, 0.15) is 29.8 Å². The quantitative estimate of drug-likeness (QED) is 0.462. The Hall–Kier alpha value is -2.80.